The standard InChI is InChI=1S/C45H77NO7/c1-6-8-10-12-14-16-18-19-20-21-22-23-24-25-26-28-30-32-34-36-44(48)53-41(39-51-38-37-42(45(49)50)46(3,4)5)40-52-43(47)35-33-31-29-27-17-15-13-11-9-7-2/h8,10,14,16,19-20,22-23,25-26,41-42H,6-7,9,11-13,15,17-18,21,24,27-40H2,1-5H3/p+1/b10-8+,16-14+,20-19+,23-22+,26-25+. The fraction of sp³-hybridized carbons (Fsp3) is 0.711. The third-order valence-corrected chi connectivity index (χ3v) is 8.93. The molecule has 0 aromatic carbocycles. The van der Waals surface area contributed by atoms with Gasteiger partial charge in [0, 0.05) is 19.3 Å². The van der Waals surface area contributed by atoms with Gasteiger partial charge in [-0.15, -0.1) is 0 Å². The zero-order chi connectivity index (χ0) is 39.3. The van der Waals surface area contributed by atoms with Crippen molar-refractivity contribution in [2.45, 2.75) is 167 Å². The van der Waals surface area contributed by atoms with Crippen LogP contribution < -0.4 is 0 Å². The minimum absolute atomic E-state index is 0.0465. The fourth-order valence-electron chi connectivity index (χ4n) is 5.70. The maximum Gasteiger partial charge on any atom is 0.362 e. The molecule has 0 aromatic heterocycles. The van der Waals surface area contributed by atoms with E-state index in [1.165, 1.54) is 44.9 Å². The van der Waals surface area contributed by atoms with Crippen molar-refractivity contribution in [3.05, 3.63) is 60.8 Å². The first kappa shape index (κ1) is 50.0. The molecule has 2 atom stereocenters. The molecule has 8 heteroatoms. The highest BCUT2D eigenvalue weighted by atomic mass is 16.6. The van der Waals surface area contributed by atoms with Gasteiger partial charge in [0.25, 0.3) is 0 Å². The number of carboxylic acids is 1. The average Bonchev–Trinajstić information content (AvgIpc) is 3.11. The second kappa shape index (κ2) is 36.0. The molecule has 8 nitrogen and oxygen atoms in total. The fourth-order valence-corrected chi connectivity index (χ4v) is 5.70. The Kier molecular flexibility index (Phi) is 34.0. The summed E-state index contributed by atoms with van der Waals surface area (Å²) in [6.07, 6.45) is 42.6. The number of allylic oxidation sites excluding steroid dienone is 10. The number of rotatable bonds is 36. The third kappa shape index (κ3) is 34.5. The predicted molar refractivity (Wildman–Crippen MR) is 220 cm³/mol. The van der Waals surface area contributed by atoms with E-state index in [0.717, 1.165) is 77.0 Å². The summed E-state index contributed by atoms with van der Waals surface area (Å²) in [5, 5.41) is 9.60. The van der Waals surface area contributed by atoms with Gasteiger partial charge in [0.1, 0.15) is 6.61 Å². The zero-order valence-electron chi connectivity index (χ0n) is 34.4. The number of unbranched alkanes of at least 4 members (excludes halogenated alkanes) is 12. The predicted octanol–water partition coefficient (Wildman–Crippen LogP) is 11.0. The lowest BCUT2D eigenvalue weighted by Gasteiger charge is -2.31. The normalized spacial score (nSPS) is 13.6. The van der Waals surface area contributed by atoms with Crippen LogP contribution in [-0.4, -0.2) is 80.6 Å². The summed E-state index contributed by atoms with van der Waals surface area (Å²) in [5.41, 5.74) is 0. The molecule has 0 saturated carbocycles. The van der Waals surface area contributed by atoms with Crippen LogP contribution in [0.15, 0.2) is 60.8 Å². The number of carbonyl (C=O) groups is 3. The first-order valence-electron chi connectivity index (χ1n) is 20.8. The minimum Gasteiger partial charge on any atom is -0.477 e. The Bertz CT molecular complexity index is 1050. The van der Waals surface area contributed by atoms with Gasteiger partial charge in [-0.25, -0.2) is 4.79 Å². The van der Waals surface area contributed by atoms with Crippen molar-refractivity contribution in [1.82, 2.24) is 0 Å². The monoisotopic (exact) mass is 745 g/mol. The quantitative estimate of drug-likeness (QED) is 0.0295. The van der Waals surface area contributed by atoms with E-state index in [1.54, 1.807) is 0 Å². The SMILES string of the molecule is CC/C=C/C/C=C/C/C=C/C/C=C/C/C=C/CCCCCC(=O)OC(COCCC(C(=O)O)[N+](C)(C)C)COC(=O)CCCCCCCCCCCC. The number of hydrogen-bond donors (Lipinski definition) is 1. The summed E-state index contributed by atoms with van der Waals surface area (Å²) in [6.45, 7) is 4.56. The number of aliphatic carboxylic acids is 1. The molecule has 0 aromatic rings. The molecule has 0 aliphatic carbocycles. The molecule has 2 unspecified atom stereocenters. The van der Waals surface area contributed by atoms with Crippen LogP contribution in [0.5, 0.6) is 0 Å². The van der Waals surface area contributed by atoms with Crippen molar-refractivity contribution in [2.24, 2.45) is 0 Å². The van der Waals surface area contributed by atoms with E-state index in [2.05, 4.69) is 74.6 Å². The van der Waals surface area contributed by atoms with E-state index in [-0.39, 0.29) is 42.7 Å². The Labute approximate surface area is 324 Å². The number of quaternary nitrogens is 1. The molecule has 0 heterocycles. The number of ether oxygens (including phenoxy) is 3. The number of carbonyl (C=O) groups excluding carboxylic acids is 2. The average molecular weight is 745 g/mol. The maximum absolute atomic E-state index is 12.7. The highest BCUT2D eigenvalue weighted by Crippen LogP contribution is 2.13. The molecule has 0 spiro atoms. The lowest BCUT2D eigenvalue weighted by molar-refractivity contribution is -0.887. The smallest absolute Gasteiger partial charge is 0.362 e. The summed E-state index contributed by atoms with van der Waals surface area (Å²) >= 11 is 0. The van der Waals surface area contributed by atoms with Gasteiger partial charge >= 0.3 is 17.9 Å². The van der Waals surface area contributed by atoms with Crippen LogP contribution in [0.2, 0.25) is 0 Å². The Hall–Kier alpha value is -2.97. The van der Waals surface area contributed by atoms with Crippen LogP contribution in [0.4, 0.5) is 0 Å². The highest BCUT2D eigenvalue weighted by molar-refractivity contribution is 5.72. The zero-order valence-corrected chi connectivity index (χ0v) is 34.4. The van der Waals surface area contributed by atoms with E-state index in [4.69, 9.17) is 14.2 Å². The van der Waals surface area contributed by atoms with Gasteiger partial charge in [-0.2, -0.15) is 0 Å². The first-order valence-corrected chi connectivity index (χ1v) is 20.8. The third-order valence-electron chi connectivity index (χ3n) is 8.93. The van der Waals surface area contributed by atoms with E-state index in [0.29, 0.717) is 12.8 Å². The van der Waals surface area contributed by atoms with E-state index in [1.807, 2.05) is 21.1 Å². The van der Waals surface area contributed by atoms with Gasteiger partial charge < -0.3 is 23.8 Å². The van der Waals surface area contributed by atoms with Crippen molar-refractivity contribution in [3.63, 3.8) is 0 Å². The number of hydrogen-bond acceptors (Lipinski definition) is 6. The molecule has 304 valence electrons. The van der Waals surface area contributed by atoms with Gasteiger partial charge in [0.2, 0.25) is 0 Å². The summed E-state index contributed by atoms with van der Waals surface area (Å²) in [6, 6.07) is -0.621. The van der Waals surface area contributed by atoms with Crippen LogP contribution in [0, 0.1) is 0 Å². The maximum atomic E-state index is 12.7. The molecule has 0 fully saturated rings. The number of esters is 2. The van der Waals surface area contributed by atoms with Crippen molar-refractivity contribution < 1.29 is 38.2 Å². The van der Waals surface area contributed by atoms with Gasteiger partial charge in [0.05, 0.1) is 34.4 Å². The van der Waals surface area contributed by atoms with Crippen LogP contribution in [-0.2, 0) is 28.6 Å². The van der Waals surface area contributed by atoms with Crippen LogP contribution in [0.3, 0.4) is 0 Å². The molecule has 0 aliphatic rings. The molecule has 0 bridgehead atoms. The van der Waals surface area contributed by atoms with E-state index < -0.39 is 18.1 Å². The molecule has 0 aliphatic heterocycles. The van der Waals surface area contributed by atoms with Crippen molar-refractivity contribution in [1.29, 1.82) is 0 Å². The number of likely N-dealkylation sites (N-methyl/N-ethyl adjacent to an activating group) is 1. The molecule has 53 heavy (non-hydrogen) atoms. The Balaban J connectivity index is 4.43. The highest BCUT2D eigenvalue weighted by Gasteiger charge is 2.31. The van der Waals surface area contributed by atoms with Crippen molar-refractivity contribution in [2.75, 3.05) is 41.0 Å². The largest absolute Gasteiger partial charge is 0.477 e. The van der Waals surface area contributed by atoms with Gasteiger partial charge in [-0.1, -0.05) is 139 Å². The molecule has 0 amide bonds. The second-order valence-electron chi connectivity index (χ2n) is 14.9. The molecular formula is C45H78NO7+. The Morgan fingerprint density at radius 3 is 1.57 bits per heavy atom. The first-order chi connectivity index (χ1) is 25.6. The minimum atomic E-state index is -0.883. The van der Waals surface area contributed by atoms with Gasteiger partial charge in [0.15, 0.2) is 12.1 Å². The Morgan fingerprint density at radius 2 is 1.06 bits per heavy atom. The van der Waals surface area contributed by atoms with Crippen LogP contribution in [0.1, 0.15) is 155 Å². The summed E-state index contributed by atoms with van der Waals surface area (Å²) in [4.78, 5) is 36.8. The summed E-state index contributed by atoms with van der Waals surface area (Å²) < 4.78 is 17.2. The Morgan fingerprint density at radius 1 is 0.585 bits per heavy atom. The van der Waals surface area contributed by atoms with Crippen LogP contribution >= 0.6 is 0 Å². The van der Waals surface area contributed by atoms with Crippen molar-refractivity contribution >= 4 is 17.9 Å². The second-order valence-corrected chi connectivity index (χ2v) is 14.9. The molecule has 0 rings (SSSR count). The van der Waals surface area contributed by atoms with E-state index in [9.17, 15) is 19.5 Å². The number of nitrogens with zero attached hydrogens (tertiary/aromatic N) is 1. The summed E-state index contributed by atoms with van der Waals surface area (Å²) in [7, 11) is 5.50. The van der Waals surface area contributed by atoms with E-state index >= 15 is 0 Å². The van der Waals surface area contributed by atoms with Crippen LogP contribution in [0.25, 0.3) is 0 Å². The number of carboxylic acid groups (broad SMARTS) is 1. The topological polar surface area (TPSA) is 99.1 Å². The molecule has 0 radical (unpaired) electrons. The molecule has 0 saturated heterocycles. The lowest BCUT2D eigenvalue weighted by Crippen LogP contribution is -2.50. The van der Waals surface area contributed by atoms with Gasteiger partial charge in [-0.3, -0.25) is 9.59 Å². The van der Waals surface area contributed by atoms with Crippen molar-refractivity contribution in [3.8, 4) is 0 Å². The molecule has 1 N–H and O–H groups in total. The summed E-state index contributed by atoms with van der Waals surface area (Å²) in [5.74, 6) is -1.52. The molecular weight excluding hydrogens is 666 g/mol. The van der Waals surface area contributed by atoms with Gasteiger partial charge in [-0.05, 0) is 57.8 Å². The lowest BCUT2D eigenvalue weighted by atomic mass is 10.1.